The van der Waals surface area contributed by atoms with Crippen molar-refractivity contribution in [3.63, 3.8) is 0 Å². The molecule has 132 valence electrons. The van der Waals surface area contributed by atoms with E-state index in [1.54, 1.807) is 24.3 Å². The number of morpholine rings is 1. The van der Waals surface area contributed by atoms with Gasteiger partial charge in [-0.2, -0.15) is 0 Å². The second-order valence-corrected chi connectivity index (χ2v) is 5.83. The van der Waals surface area contributed by atoms with Crippen molar-refractivity contribution in [1.29, 1.82) is 0 Å². The van der Waals surface area contributed by atoms with E-state index in [1.165, 1.54) is 18.4 Å². The highest BCUT2D eigenvalue weighted by Crippen LogP contribution is 2.16. The molecule has 0 aliphatic carbocycles. The largest absolute Gasteiger partial charge is 0.461 e. The molecule has 0 bridgehead atoms. The van der Waals surface area contributed by atoms with Crippen molar-refractivity contribution < 1.29 is 23.1 Å². The van der Waals surface area contributed by atoms with Crippen molar-refractivity contribution in [3.8, 4) is 0 Å². The van der Waals surface area contributed by atoms with Crippen LogP contribution in [0.15, 0.2) is 47.1 Å². The third-order valence-corrected chi connectivity index (χ3v) is 4.06. The predicted molar refractivity (Wildman–Crippen MR) is 88.9 cm³/mol. The van der Waals surface area contributed by atoms with Gasteiger partial charge in [0, 0.05) is 19.0 Å². The highest BCUT2D eigenvalue weighted by atomic mass is 19.1. The van der Waals surface area contributed by atoms with Crippen LogP contribution >= 0.6 is 0 Å². The summed E-state index contributed by atoms with van der Waals surface area (Å²) in [4.78, 5) is 26.3. The minimum Gasteiger partial charge on any atom is -0.461 e. The van der Waals surface area contributed by atoms with Gasteiger partial charge in [-0.15, -0.1) is 0 Å². The first kappa shape index (κ1) is 17.3. The summed E-state index contributed by atoms with van der Waals surface area (Å²) in [5, 5.41) is 2.56. The molecule has 1 N–H and O–H groups in total. The number of ketones is 1. The molecule has 25 heavy (non-hydrogen) atoms. The molecule has 2 aromatic rings. The molecule has 0 radical (unpaired) electrons. The Morgan fingerprint density at radius 3 is 2.84 bits per heavy atom. The van der Waals surface area contributed by atoms with Crippen molar-refractivity contribution in [2.75, 3.05) is 31.6 Å². The zero-order chi connectivity index (χ0) is 17.6. The van der Waals surface area contributed by atoms with Crippen LogP contribution in [0.3, 0.4) is 0 Å². The zero-order valence-corrected chi connectivity index (χ0v) is 13.6. The minimum absolute atomic E-state index is 0.0633. The second kappa shape index (κ2) is 8.04. The quantitative estimate of drug-likeness (QED) is 0.813. The van der Waals surface area contributed by atoms with Gasteiger partial charge in [-0.25, -0.2) is 4.39 Å². The maximum absolute atomic E-state index is 13.6. The number of carbonyl (C=O) groups is 2. The summed E-state index contributed by atoms with van der Waals surface area (Å²) in [5.41, 5.74) is 0.143. The van der Waals surface area contributed by atoms with Crippen LogP contribution in [-0.2, 0) is 9.53 Å². The summed E-state index contributed by atoms with van der Waals surface area (Å²) in [7, 11) is 0. The van der Waals surface area contributed by atoms with Gasteiger partial charge in [0.25, 0.3) is 0 Å². The molecule has 2 heterocycles. The van der Waals surface area contributed by atoms with E-state index in [0.29, 0.717) is 25.5 Å². The van der Waals surface area contributed by atoms with Crippen LogP contribution in [-0.4, -0.2) is 48.9 Å². The zero-order valence-electron chi connectivity index (χ0n) is 13.6. The lowest BCUT2D eigenvalue weighted by molar-refractivity contribution is -0.119. The van der Waals surface area contributed by atoms with Crippen LogP contribution in [0.5, 0.6) is 0 Å². The third-order valence-electron chi connectivity index (χ3n) is 4.06. The Morgan fingerprint density at radius 2 is 2.08 bits per heavy atom. The fourth-order valence-electron chi connectivity index (χ4n) is 2.77. The monoisotopic (exact) mass is 346 g/mol. The van der Waals surface area contributed by atoms with Crippen molar-refractivity contribution in [1.82, 2.24) is 4.90 Å². The Morgan fingerprint density at radius 1 is 1.24 bits per heavy atom. The molecular formula is C18H19FN2O4. The van der Waals surface area contributed by atoms with Crippen molar-refractivity contribution >= 4 is 17.4 Å². The van der Waals surface area contributed by atoms with Crippen LogP contribution < -0.4 is 5.32 Å². The van der Waals surface area contributed by atoms with Crippen LogP contribution in [0.1, 0.15) is 17.0 Å². The van der Waals surface area contributed by atoms with E-state index < -0.39 is 5.82 Å². The van der Waals surface area contributed by atoms with Gasteiger partial charge in [-0.3, -0.25) is 14.5 Å². The molecule has 1 aliphatic heterocycles. The van der Waals surface area contributed by atoms with Crippen LogP contribution in [0.4, 0.5) is 10.1 Å². The van der Waals surface area contributed by atoms with Crippen LogP contribution in [0.25, 0.3) is 0 Å². The van der Waals surface area contributed by atoms with E-state index in [4.69, 9.17) is 9.15 Å². The number of halogens is 1. The molecule has 1 aliphatic rings. The number of carbonyl (C=O) groups excluding carboxylic acids is 2. The molecule has 6 nitrogen and oxygen atoms in total. The molecule has 1 aromatic carbocycles. The van der Waals surface area contributed by atoms with Gasteiger partial charge >= 0.3 is 0 Å². The van der Waals surface area contributed by atoms with E-state index in [2.05, 4.69) is 5.32 Å². The number of rotatable bonds is 6. The molecular weight excluding hydrogens is 327 g/mol. The normalized spacial score (nSPS) is 18.0. The number of nitrogens with one attached hydrogen (secondary N) is 1. The molecule has 1 saturated heterocycles. The van der Waals surface area contributed by atoms with E-state index in [1.807, 2.05) is 4.90 Å². The third kappa shape index (κ3) is 4.52. The Bertz CT molecular complexity index is 732. The summed E-state index contributed by atoms with van der Waals surface area (Å²) < 4.78 is 24.2. The molecule has 0 spiro atoms. The lowest BCUT2D eigenvalue weighted by Gasteiger charge is -2.34. The van der Waals surface area contributed by atoms with Gasteiger partial charge in [0.05, 0.1) is 31.7 Å². The molecule has 7 heteroatoms. The summed E-state index contributed by atoms with van der Waals surface area (Å²) in [6.07, 6.45) is 1.64. The van der Waals surface area contributed by atoms with Gasteiger partial charge in [0.2, 0.25) is 5.91 Å². The number of para-hydroxylation sites is 1. The number of amides is 1. The average molecular weight is 346 g/mol. The Hall–Kier alpha value is -2.51. The summed E-state index contributed by atoms with van der Waals surface area (Å²) >= 11 is 0. The van der Waals surface area contributed by atoms with Gasteiger partial charge < -0.3 is 14.5 Å². The predicted octanol–water partition coefficient (Wildman–Crippen LogP) is 2.33. The standard InChI is InChI=1S/C18H19FN2O4/c19-14-4-1-2-5-15(14)20-18(23)11-21-7-9-24-12-13(21)10-16(22)17-6-3-8-25-17/h1-6,8,13H,7,9-12H2,(H,20,23)/t13-/m0/s1. The maximum Gasteiger partial charge on any atom is 0.238 e. The first-order valence-electron chi connectivity index (χ1n) is 8.06. The fourth-order valence-corrected chi connectivity index (χ4v) is 2.77. The fraction of sp³-hybridized carbons (Fsp3) is 0.333. The van der Waals surface area contributed by atoms with Gasteiger partial charge in [0.1, 0.15) is 5.82 Å². The van der Waals surface area contributed by atoms with Crippen molar-refractivity contribution in [2.45, 2.75) is 12.5 Å². The molecule has 1 amide bonds. The van der Waals surface area contributed by atoms with Crippen molar-refractivity contribution in [2.24, 2.45) is 0 Å². The van der Waals surface area contributed by atoms with Gasteiger partial charge in [0.15, 0.2) is 11.5 Å². The van der Waals surface area contributed by atoms with E-state index in [-0.39, 0.29) is 36.4 Å². The van der Waals surface area contributed by atoms with Crippen LogP contribution in [0.2, 0.25) is 0 Å². The lowest BCUT2D eigenvalue weighted by atomic mass is 10.1. The first-order chi connectivity index (χ1) is 12.1. The Labute approximate surface area is 144 Å². The number of nitrogens with zero attached hydrogens (tertiary/aromatic N) is 1. The first-order valence-corrected chi connectivity index (χ1v) is 8.06. The molecule has 0 unspecified atom stereocenters. The number of hydrogen-bond acceptors (Lipinski definition) is 5. The number of furan rings is 1. The molecule has 3 rings (SSSR count). The van der Waals surface area contributed by atoms with E-state index in [0.717, 1.165) is 0 Å². The summed E-state index contributed by atoms with van der Waals surface area (Å²) in [6, 6.07) is 9.05. The summed E-state index contributed by atoms with van der Waals surface area (Å²) in [5.74, 6) is -0.661. The number of benzene rings is 1. The second-order valence-electron chi connectivity index (χ2n) is 5.83. The number of hydrogen-bond donors (Lipinski definition) is 1. The van der Waals surface area contributed by atoms with Gasteiger partial charge in [-0.1, -0.05) is 12.1 Å². The Balaban J connectivity index is 1.60. The smallest absolute Gasteiger partial charge is 0.238 e. The molecule has 1 aromatic heterocycles. The molecule has 1 atom stereocenters. The maximum atomic E-state index is 13.6. The van der Waals surface area contributed by atoms with E-state index in [9.17, 15) is 14.0 Å². The van der Waals surface area contributed by atoms with Crippen LogP contribution in [0, 0.1) is 5.82 Å². The molecule has 1 fully saturated rings. The average Bonchev–Trinajstić information content (AvgIpc) is 3.13. The minimum atomic E-state index is -0.484. The SMILES string of the molecule is O=C(CN1CCOC[C@@H]1CC(=O)c1ccco1)Nc1ccccc1F. The lowest BCUT2D eigenvalue weighted by Crippen LogP contribution is -2.49. The Kier molecular flexibility index (Phi) is 5.57. The van der Waals surface area contributed by atoms with Crippen molar-refractivity contribution in [3.05, 3.63) is 54.2 Å². The number of ether oxygens (including phenoxy) is 1. The van der Waals surface area contributed by atoms with E-state index >= 15 is 0 Å². The van der Waals surface area contributed by atoms with Gasteiger partial charge in [-0.05, 0) is 24.3 Å². The topological polar surface area (TPSA) is 71.8 Å². The number of anilines is 1. The highest BCUT2D eigenvalue weighted by molar-refractivity contribution is 5.94. The molecule has 0 saturated carbocycles. The number of Topliss-reactive ketones (excluding diaryl/α,β-unsaturated/α-hetero) is 1. The summed E-state index contributed by atoms with van der Waals surface area (Å²) in [6.45, 7) is 1.44. The highest BCUT2D eigenvalue weighted by Gasteiger charge is 2.28.